The molecule has 0 heterocycles. The molecule has 0 spiro atoms. The highest BCUT2D eigenvalue weighted by atomic mass is 79.9. The van der Waals surface area contributed by atoms with Gasteiger partial charge in [-0.1, -0.05) is 58.4 Å². The summed E-state index contributed by atoms with van der Waals surface area (Å²) in [7, 11) is 1.64. The molecule has 2 aromatic carbocycles. The first-order valence-corrected chi connectivity index (χ1v) is 5.99. The predicted molar refractivity (Wildman–Crippen MR) is 69.7 cm³/mol. The summed E-state index contributed by atoms with van der Waals surface area (Å²) in [5, 5.41) is 4.90. The third-order valence-electron chi connectivity index (χ3n) is 2.57. The van der Waals surface area contributed by atoms with E-state index in [1.807, 2.05) is 42.5 Å². The van der Waals surface area contributed by atoms with Gasteiger partial charge >= 0.3 is 0 Å². The second-order valence-electron chi connectivity index (χ2n) is 3.55. The maximum Gasteiger partial charge on any atom is 0.238 e. The number of halogens is 1. The fourth-order valence-electron chi connectivity index (χ4n) is 1.74. The van der Waals surface area contributed by atoms with Crippen molar-refractivity contribution < 1.29 is 4.79 Å². The van der Waals surface area contributed by atoms with E-state index in [4.69, 9.17) is 0 Å². The quantitative estimate of drug-likeness (QED) is 0.840. The number of benzene rings is 2. The van der Waals surface area contributed by atoms with Gasteiger partial charge in [-0.15, -0.1) is 0 Å². The van der Waals surface area contributed by atoms with Crippen LogP contribution in [0.15, 0.2) is 42.5 Å². The predicted octanol–water partition coefficient (Wildman–Crippen LogP) is 3.02. The Hall–Kier alpha value is -1.35. The van der Waals surface area contributed by atoms with Crippen molar-refractivity contribution in [2.75, 3.05) is 7.05 Å². The molecule has 0 bridgehead atoms. The third-order valence-corrected chi connectivity index (χ3v) is 3.48. The maximum atomic E-state index is 11.6. The Balaban J connectivity index is 2.56. The monoisotopic (exact) mass is 277 g/mol. The molecule has 82 valence electrons. The van der Waals surface area contributed by atoms with Crippen LogP contribution in [0.3, 0.4) is 0 Å². The highest BCUT2D eigenvalue weighted by Gasteiger charge is 2.17. The van der Waals surface area contributed by atoms with Crippen molar-refractivity contribution >= 4 is 32.6 Å². The second kappa shape index (κ2) is 4.66. The lowest BCUT2D eigenvalue weighted by Gasteiger charge is -2.11. The van der Waals surface area contributed by atoms with Crippen molar-refractivity contribution in [3.8, 4) is 0 Å². The number of likely N-dealkylation sites (N-methyl/N-ethyl adjacent to an activating group) is 1. The average Bonchev–Trinajstić information content (AvgIpc) is 2.36. The van der Waals surface area contributed by atoms with Gasteiger partial charge in [-0.25, -0.2) is 0 Å². The number of amides is 1. The Labute approximate surface area is 103 Å². The number of carbonyl (C=O) groups excluding carboxylic acids is 1. The maximum absolute atomic E-state index is 11.6. The molecule has 2 rings (SSSR count). The average molecular weight is 278 g/mol. The Morgan fingerprint density at radius 2 is 1.88 bits per heavy atom. The van der Waals surface area contributed by atoms with Gasteiger partial charge in [-0.2, -0.15) is 0 Å². The molecule has 16 heavy (non-hydrogen) atoms. The number of alkyl halides is 1. The van der Waals surface area contributed by atoms with Crippen molar-refractivity contribution in [1.82, 2.24) is 5.32 Å². The summed E-state index contributed by atoms with van der Waals surface area (Å²) < 4.78 is 0. The molecule has 1 unspecified atom stereocenters. The minimum Gasteiger partial charge on any atom is -0.358 e. The van der Waals surface area contributed by atoms with Gasteiger partial charge in [0.05, 0.1) is 0 Å². The fraction of sp³-hybridized carbons (Fsp3) is 0.154. The van der Waals surface area contributed by atoms with Crippen molar-refractivity contribution in [1.29, 1.82) is 0 Å². The topological polar surface area (TPSA) is 29.1 Å². The molecule has 0 fully saturated rings. The van der Waals surface area contributed by atoms with Crippen LogP contribution in [0.1, 0.15) is 10.4 Å². The molecule has 0 aromatic heterocycles. The Kier molecular flexibility index (Phi) is 3.25. The highest BCUT2D eigenvalue weighted by Crippen LogP contribution is 2.29. The smallest absolute Gasteiger partial charge is 0.238 e. The van der Waals surface area contributed by atoms with E-state index in [1.54, 1.807) is 7.05 Å². The largest absolute Gasteiger partial charge is 0.358 e. The van der Waals surface area contributed by atoms with E-state index < -0.39 is 0 Å². The van der Waals surface area contributed by atoms with E-state index >= 15 is 0 Å². The van der Waals surface area contributed by atoms with Crippen molar-refractivity contribution in [2.24, 2.45) is 0 Å². The number of nitrogens with one attached hydrogen (secondary N) is 1. The van der Waals surface area contributed by atoms with Gasteiger partial charge in [0.25, 0.3) is 0 Å². The Bertz CT molecular complexity index is 519. The van der Waals surface area contributed by atoms with E-state index in [0.717, 1.165) is 16.3 Å². The summed E-state index contributed by atoms with van der Waals surface area (Å²) in [6, 6.07) is 14.0. The molecule has 1 amide bonds. The Morgan fingerprint density at radius 3 is 2.62 bits per heavy atom. The van der Waals surface area contributed by atoms with Gasteiger partial charge < -0.3 is 5.32 Å². The van der Waals surface area contributed by atoms with E-state index in [0.29, 0.717) is 0 Å². The van der Waals surface area contributed by atoms with Crippen LogP contribution >= 0.6 is 15.9 Å². The van der Waals surface area contributed by atoms with Gasteiger partial charge in [0, 0.05) is 7.05 Å². The van der Waals surface area contributed by atoms with Crippen LogP contribution in [-0.4, -0.2) is 13.0 Å². The van der Waals surface area contributed by atoms with Crippen molar-refractivity contribution in [3.63, 3.8) is 0 Å². The lowest BCUT2D eigenvalue weighted by molar-refractivity contribution is -0.120. The molecule has 0 saturated heterocycles. The molecule has 0 radical (unpaired) electrons. The number of hydrogen-bond donors (Lipinski definition) is 1. The van der Waals surface area contributed by atoms with Crippen molar-refractivity contribution in [3.05, 3.63) is 48.0 Å². The molecule has 3 heteroatoms. The summed E-state index contributed by atoms with van der Waals surface area (Å²) in [6.45, 7) is 0. The van der Waals surface area contributed by atoms with Gasteiger partial charge in [0.1, 0.15) is 4.83 Å². The molecule has 0 aliphatic carbocycles. The highest BCUT2D eigenvalue weighted by molar-refractivity contribution is 9.09. The molecule has 2 nitrogen and oxygen atoms in total. The van der Waals surface area contributed by atoms with E-state index in [9.17, 15) is 4.79 Å². The lowest BCUT2D eigenvalue weighted by atomic mass is 10.0. The van der Waals surface area contributed by atoms with Crippen LogP contribution in [-0.2, 0) is 4.79 Å². The first-order valence-electron chi connectivity index (χ1n) is 5.07. The van der Waals surface area contributed by atoms with Gasteiger partial charge in [0.15, 0.2) is 0 Å². The third kappa shape index (κ3) is 1.95. The lowest BCUT2D eigenvalue weighted by Crippen LogP contribution is -2.22. The minimum atomic E-state index is -0.302. The fourth-order valence-corrected chi connectivity index (χ4v) is 2.37. The van der Waals surface area contributed by atoms with E-state index in [-0.39, 0.29) is 10.7 Å². The number of fused-ring (bicyclic) bond motifs is 1. The van der Waals surface area contributed by atoms with E-state index in [2.05, 4.69) is 21.2 Å². The molecular formula is C13H12BrNO. The summed E-state index contributed by atoms with van der Waals surface area (Å²) in [4.78, 5) is 11.3. The SMILES string of the molecule is CNC(=O)C(Br)c1cccc2ccccc12. The molecule has 1 N–H and O–H groups in total. The molecule has 0 aliphatic heterocycles. The zero-order chi connectivity index (χ0) is 11.5. The van der Waals surface area contributed by atoms with Crippen LogP contribution in [0.2, 0.25) is 0 Å². The molecule has 0 aliphatic rings. The van der Waals surface area contributed by atoms with Gasteiger partial charge in [0.2, 0.25) is 5.91 Å². The first-order chi connectivity index (χ1) is 7.74. The summed E-state index contributed by atoms with van der Waals surface area (Å²) in [5.74, 6) is -0.0312. The summed E-state index contributed by atoms with van der Waals surface area (Å²) in [6.07, 6.45) is 0. The van der Waals surface area contributed by atoms with Crippen LogP contribution in [0.4, 0.5) is 0 Å². The Morgan fingerprint density at radius 1 is 1.19 bits per heavy atom. The van der Waals surface area contributed by atoms with Crippen molar-refractivity contribution in [2.45, 2.75) is 4.83 Å². The zero-order valence-corrected chi connectivity index (χ0v) is 10.5. The number of hydrogen-bond acceptors (Lipinski definition) is 1. The summed E-state index contributed by atoms with van der Waals surface area (Å²) in [5.41, 5.74) is 0.998. The first kappa shape index (κ1) is 11.1. The van der Waals surface area contributed by atoms with Crippen LogP contribution < -0.4 is 5.32 Å². The standard InChI is InChI=1S/C13H12BrNO/c1-15-13(16)12(14)11-8-4-6-9-5-2-3-7-10(9)11/h2-8,12H,1H3,(H,15,16). The van der Waals surface area contributed by atoms with Gasteiger partial charge in [-0.3, -0.25) is 4.79 Å². The molecule has 1 atom stereocenters. The second-order valence-corrected chi connectivity index (χ2v) is 4.46. The van der Waals surface area contributed by atoms with Crippen LogP contribution in [0, 0.1) is 0 Å². The number of carbonyl (C=O) groups is 1. The molecule has 0 saturated carbocycles. The molecule has 2 aromatic rings. The summed E-state index contributed by atoms with van der Waals surface area (Å²) >= 11 is 3.42. The van der Waals surface area contributed by atoms with Crippen LogP contribution in [0.5, 0.6) is 0 Å². The van der Waals surface area contributed by atoms with E-state index in [1.165, 1.54) is 0 Å². The molecular weight excluding hydrogens is 266 g/mol. The van der Waals surface area contributed by atoms with Crippen LogP contribution in [0.25, 0.3) is 10.8 Å². The zero-order valence-electron chi connectivity index (χ0n) is 8.91. The normalized spacial score (nSPS) is 12.4. The number of rotatable bonds is 2. The minimum absolute atomic E-state index is 0.0312. The van der Waals surface area contributed by atoms with Gasteiger partial charge in [-0.05, 0) is 16.3 Å².